The molecule has 0 aromatic heterocycles. The zero-order chi connectivity index (χ0) is 76.0. The Balaban J connectivity index is 5.17. The van der Waals surface area contributed by atoms with Gasteiger partial charge in [-0.05, 0) is 25.7 Å². The van der Waals surface area contributed by atoms with Crippen LogP contribution in [0.3, 0.4) is 0 Å². The molecule has 17 nitrogen and oxygen atoms in total. The van der Waals surface area contributed by atoms with Crippen LogP contribution in [0.5, 0.6) is 0 Å². The van der Waals surface area contributed by atoms with Crippen molar-refractivity contribution in [1.29, 1.82) is 0 Å². The van der Waals surface area contributed by atoms with Crippen LogP contribution >= 0.6 is 15.6 Å². The van der Waals surface area contributed by atoms with Gasteiger partial charge < -0.3 is 33.8 Å². The minimum atomic E-state index is -4.96. The van der Waals surface area contributed by atoms with Crippen molar-refractivity contribution < 1.29 is 80.2 Å². The molecule has 0 aromatic carbocycles. The maximum Gasteiger partial charge on any atom is 0.472 e. The third-order valence-corrected chi connectivity index (χ3v) is 22.0. The van der Waals surface area contributed by atoms with Gasteiger partial charge in [-0.25, -0.2) is 9.13 Å². The van der Waals surface area contributed by atoms with Crippen LogP contribution < -0.4 is 0 Å². The van der Waals surface area contributed by atoms with Gasteiger partial charge in [0.2, 0.25) is 0 Å². The van der Waals surface area contributed by atoms with Crippen LogP contribution in [0.4, 0.5) is 0 Å². The molecular formula is C85H166O17P2. The van der Waals surface area contributed by atoms with E-state index in [1.54, 1.807) is 0 Å². The van der Waals surface area contributed by atoms with Gasteiger partial charge in [0.25, 0.3) is 0 Å². The van der Waals surface area contributed by atoms with Gasteiger partial charge in [-0.1, -0.05) is 413 Å². The van der Waals surface area contributed by atoms with Crippen molar-refractivity contribution in [1.82, 2.24) is 0 Å². The second kappa shape index (κ2) is 79.2. The highest BCUT2D eigenvalue weighted by Gasteiger charge is 2.30. The highest BCUT2D eigenvalue weighted by molar-refractivity contribution is 7.47. The van der Waals surface area contributed by atoms with E-state index in [1.165, 1.54) is 295 Å². The standard InChI is InChI=1S/C85H166O17P2/c1-5-9-13-17-21-25-28-31-34-36-38-40-41-43-45-47-50-53-56-60-64-68-72-85(90)102-81(76-96-83(88)70-66-62-58-54-51-49-46-44-42-39-37-35-32-29-26-22-18-14-10-6-2)78-100-104(93,94)98-74-79(86)73-97-103(91,92)99-77-80(75-95-82(87)69-65-61-57-24-20-16-12-8-4)101-84(89)71-67-63-59-55-52-48-33-30-27-23-19-15-11-7-3/h79-81,86H,5-78H2,1-4H3,(H,91,92)(H,93,94)/t79-,80+,81+/m0/s1. The molecule has 0 bridgehead atoms. The molecule has 0 fully saturated rings. The van der Waals surface area contributed by atoms with Gasteiger partial charge >= 0.3 is 39.5 Å². The molecule has 19 heteroatoms. The normalized spacial score (nSPS) is 13.7. The average molecular weight is 1520 g/mol. The van der Waals surface area contributed by atoms with Crippen LogP contribution in [0.15, 0.2) is 0 Å². The lowest BCUT2D eigenvalue weighted by Gasteiger charge is -2.21. The molecule has 0 aliphatic rings. The molecule has 0 rings (SSSR count). The Hall–Kier alpha value is -1.94. The predicted octanol–water partition coefficient (Wildman–Crippen LogP) is 26.1. The summed E-state index contributed by atoms with van der Waals surface area (Å²) in [7, 11) is -9.92. The molecule has 2 unspecified atom stereocenters. The van der Waals surface area contributed by atoms with E-state index >= 15 is 0 Å². The smallest absolute Gasteiger partial charge is 0.462 e. The van der Waals surface area contributed by atoms with Crippen LogP contribution in [0.1, 0.15) is 464 Å². The number of esters is 4. The molecule has 5 atom stereocenters. The van der Waals surface area contributed by atoms with E-state index in [0.717, 1.165) is 89.9 Å². The van der Waals surface area contributed by atoms with Gasteiger partial charge in [0.05, 0.1) is 26.4 Å². The molecule has 0 heterocycles. The molecule has 0 saturated heterocycles. The fourth-order valence-electron chi connectivity index (χ4n) is 13.3. The summed E-state index contributed by atoms with van der Waals surface area (Å²) >= 11 is 0. The Bertz CT molecular complexity index is 1960. The van der Waals surface area contributed by atoms with E-state index in [1.807, 2.05) is 0 Å². The van der Waals surface area contributed by atoms with Gasteiger partial charge in [-0.3, -0.25) is 37.3 Å². The fraction of sp³-hybridized carbons (Fsp3) is 0.953. The van der Waals surface area contributed by atoms with Crippen LogP contribution in [-0.4, -0.2) is 96.7 Å². The number of phosphoric ester groups is 2. The fourth-order valence-corrected chi connectivity index (χ4v) is 14.9. The lowest BCUT2D eigenvalue weighted by Crippen LogP contribution is -2.30. The number of aliphatic hydroxyl groups excluding tert-OH is 1. The van der Waals surface area contributed by atoms with Gasteiger partial charge in [-0.2, -0.15) is 0 Å². The molecule has 618 valence electrons. The minimum absolute atomic E-state index is 0.108. The number of hydrogen-bond acceptors (Lipinski definition) is 15. The molecule has 0 aliphatic carbocycles. The Morgan fingerprint density at radius 3 is 0.567 bits per heavy atom. The summed E-state index contributed by atoms with van der Waals surface area (Å²) in [6.45, 7) is 5.02. The summed E-state index contributed by atoms with van der Waals surface area (Å²) in [5.41, 5.74) is 0. The van der Waals surface area contributed by atoms with Crippen LogP contribution in [0.25, 0.3) is 0 Å². The molecular weight excluding hydrogens is 1350 g/mol. The lowest BCUT2D eigenvalue weighted by molar-refractivity contribution is -0.161. The molecule has 0 aliphatic heterocycles. The van der Waals surface area contributed by atoms with E-state index < -0.39 is 97.5 Å². The topological polar surface area (TPSA) is 237 Å². The maximum absolute atomic E-state index is 13.1. The molecule has 0 spiro atoms. The number of aliphatic hydroxyl groups is 1. The first-order valence-electron chi connectivity index (χ1n) is 44.3. The maximum atomic E-state index is 13.1. The number of hydrogen-bond donors (Lipinski definition) is 3. The van der Waals surface area contributed by atoms with Gasteiger partial charge in [0.1, 0.15) is 19.3 Å². The number of unbranched alkanes of at least 4 members (excludes halogenated alkanes) is 60. The van der Waals surface area contributed by atoms with Gasteiger partial charge in [0.15, 0.2) is 12.2 Å². The molecule has 104 heavy (non-hydrogen) atoms. The highest BCUT2D eigenvalue weighted by atomic mass is 31.2. The SMILES string of the molecule is CCCCCCCCCCCCCCCCCCCCCCCCC(=O)O[C@H](COC(=O)CCCCCCCCCCCCCCCCCCCCCC)COP(=O)(O)OC[C@@H](O)COP(=O)(O)OC[C@@H](COC(=O)CCCCCCCCCC)OC(=O)CCCCCCCCCCCCCCCC. The minimum Gasteiger partial charge on any atom is -0.462 e. The summed E-state index contributed by atoms with van der Waals surface area (Å²) in [4.78, 5) is 73.0. The Kier molecular flexibility index (Phi) is 77.7. The monoisotopic (exact) mass is 1520 g/mol. The largest absolute Gasteiger partial charge is 0.472 e. The number of carbonyl (C=O) groups excluding carboxylic acids is 4. The second-order valence-electron chi connectivity index (χ2n) is 30.6. The predicted molar refractivity (Wildman–Crippen MR) is 428 cm³/mol. The first kappa shape index (κ1) is 102. The number of rotatable bonds is 86. The lowest BCUT2D eigenvalue weighted by atomic mass is 10.0. The van der Waals surface area contributed by atoms with Crippen LogP contribution in [0.2, 0.25) is 0 Å². The van der Waals surface area contributed by atoms with E-state index in [0.29, 0.717) is 25.7 Å². The van der Waals surface area contributed by atoms with Gasteiger partial charge in [-0.15, -0.1) is 0 Å². The first-order chi connectivity index (χ1) is 50.7. The van der Waals surface area contributed by atoms with E-state index in [9.17, 15) is 43.2 Å². The summed E-state index contributed by atoms with van der Waals surface area (Å²) in [6.07, 6.45) is 73.8. The number of carbonyl (C=O) groups is 4. The van der Waals surface area contributed by atoms with Crippen molar-refractivity contribution in [3.05, 3.63) is 0 Å². The molecule has 0 saturated carbocycles. The second-order valence-corrected chi connectivity index (χ2v) is 33.5. The van der Waals surface area contributed by atoms with Gasteiger partial charge in [0, 0.05) is 25.7 Å². The van der Waals surface area contributed by atoms with Crippen LogP contribution in [-0.2, 0) is 65.4 Å². The summed E-state index contributed by atoms with van der Waals surface area (Å²) in [5.74, 6) is -2.10. The molecule has 0 amide bonds. The van der Waals surface area contributed by atoms with Crippen molar-refractivity contribution in [2.45, 2.75) is 483 Å². The molecule has 3 N–H and O–H groups in total. The van der Waals surface area contributed by atoms with Crippen molar-refractivity contribution >= 4 is 39.5 Å². The first-order valence-corrected chi connectivity index (χ1v) is 47.3. The third-order valence-electron chi connectivity index (χ3n) is 20.1. The van der Waals surface area contributed by atoms with E-state index in [4.69, 9.17) is 37.0 Å². The Labute approximate surface area is 638 Å². The van der Waals surface area contributed by atoms with Crippen molar-refractivity contribution in [3.8, 4) is 0 Å². The molecule has 0 radical (unpaired) electrons. The molecule has 0 aromatic rings. The summed E-state index contributed by atoms with van der Waals surface area (Å²) < 4.78 is 68.8. The quantitative estimate of drug-likeness (QED) is 0.0222. The zero-order valence-corrected chi connectivity index (χ0v) is 69.8. The average Bonchev–Trinajstić information content (AvgIpc) is 0.907. The highest BCUT2D eigenvalue weighted by Crippen LogP contribution is 2.45. The van der Waals surface area contributed by atoms with Crippen molar-refractivity contribution in [2.24, 2.45) is 0 Å². The van der Waals surface area contributed by atoms with Crippen molar-refractivity contribution in [3.63, 3.8) is 0 Å². The Morgan fingerprint density at radius 2 is 0.385 bits per heavy atom. The zero-order valence-electron chi connectivity index (χ0n) is 68.0. The van der Waals surface area contributed by atoms with E-state index in [-0.39, 0.29) is 25.7 Å². The van der Waals surface area contributed by atoms with E-state index in [2.05, 4.69) is 27.7 Å². The van der Waals surface area contributed by atoms with Crippen molar-refractivity contribution in [2.75, 3.05) is 39.6 Å². The number of phosphoric acid groups is 2. The Morgan fingerprint density at radius 1 is 0.231 bits per heavy atom. The number of ether oxygens (including phenoxy) is 4. The summed E-state index contributed by atoms with van der Waals surface area (Å²) in [5, 5.41) is 10.7. The van der Waals surface area contributed by atoms with Crippen LogP contribution in [0, 0.1) is 0 Å². The summed E-state index contributed by atoms with van der Waals surface area (Å²) in [6, 6.07) is 0. The third kappa shape index (κ3) is 78.2.